The van der Waals surface area contributed by atoms with Gasteiger partial charge < -0.3 is 5.32 Å². The Kier molecular flexibility index (Phi) is 4.72. The van der Waals surface area contributed by atoms with Gasteiger partial charge in [0.05, 0.1) is 11.5 Å². The Hall–Kier alpha value is -1.33. The van der Waals surface area contributed by atoms with Crippen molar-refractivity contribution in [1.29, 1.82) is 5.26 Å². The van der Waals surface area contributed by atoms with Gasteiger partial charge in [0.25, 0.3) is 0 Å². The Morgan fingerprint density at radius 3 is 2.35 bits per heavy atom. The fourth-order valence-corrected chi connectivity index (χ4v) is 1.71. The predicted octanol–water partition coefficient (Wildman–Crippen LogP) is 3.59. The average molecular weight is 230 g/mol. The van der Waals surface area contributed by atoms with Crippen LogP contribution in [0.15, 0.2) is 24.3 Å². The number of benzene rings is 1. The van der Waals surface area contributed by atoms with Crippen molar-refractivity contribution in [3.05, 3.63) is 35.4 Å². The van der Waals surface area contributed by atoms with Crippen molar-refractivity contribution in [2.45, 2.75) is 40.2 Å². The smallest absolute Gasteiger partial charge is 0.0697 e. The highest BCUT2D eigenvalue weighted by molar-refractivity contribution is 5.24. The molecule has 0 aliphatic heterocycles. The summed E-state index contributed by atoms with van der Waals surface area (Å²) in [6.07, 6.45) is 1.03. The van der Waals surface area contributed by atoms with Crippen molar-refractivity contribution >= 4 is 0 Å². The van der Waals surface area contributed by atoms with Crippen molar-refractivity contribution in [2.75, 3.05) is 6.54 Å². The molecule has 92 valence electrons. The maximum atomic E-state index is 9.00. The van der Waals surface area contributed by atoms with Crippen LogP contribution in [0.25, 0.3) is 0 Å². The molecular weight excluding hydrogens is 208 g/mol. The second kappa shape index (κ2) is 5.84. The lowest BCUT2D eigenvalue weighted by Gasteiger charge is -2.22. The van der Waals surface area contributed by atoms with E-state index in [9.17, 15) is 0 Å². The van der Waals surface area contributed by atoms with Gasteiger partial charge in [-0.05, 0) is 32.8 Å². The monoisotopic (exact) mass is 230 g/mol. The first kappa shape index (κ1) is 13.7. The highest BCUT2D eigenvalue weighted by atomic mass is 14.9. The van der Waals surface area contributed by atoms with Crippen LogP contribution < -0.4 is 5.32 Å². The average Bonchev–Trinajstić information content (AvgIpc) is 2.32. The van der Waals surface area contributed by atoms with E-state index in [4.69, 9.17) is 5.26 Å². The Morgan fingerprint density at radius 2 is 1.88 bits per heavy atom. The number of nitriles is 1. The van der Waals surface area contributed by atoms with Crippen LogP contribution in [0.1, 0.15) is 44.4 Å². The molecule has 0 amide bonds. The summed E-state index contributed by atoms with van der Waals surface area (Å²) in [5.41, 5.74) is 2.27. The first-order valence-electron chi connectivity index (χ1n) is 6.19. The van der Waals surface area contributed by atoms with Crippen molar-refractivity contribution in [3.63, 3.8) is 0 Å². The normalized spacial score (nSPS) is 13.1. The molecule has 0 aliphatic carbocycles. The summed E-state index contributed by atoms with van der Waals surface area (Å²) >= 11 is 0. The molecule has 0 saturated heterocycles. The lowest BCUT2D eigenvalue weighted by atomic mass is 9.94. The quantitative estimate of drug-likeness (QED) is 0.839. The Labute approximate surface area is 105 Å². The molecule has 1 aromatic carbocycles. The minimum Gasteiger partial charge on any atom is -0.308 e. The van der Waals surface area contributed by atoms with Gasteiger partial charge in [-0.25, -0.2) is 0 Å². The number of aryl methyl sites for hydroxylation is 1. The zero-order valence-electron chi connectivity index (χ0n) is 11.2. The summed E-state index contributed by atoms with van der Waals surface area (Å²) in [4.78, 5) is 0. The zero-order chi connectivity index (χ0) is 12.9. The maximum Gasteiger partial charge on any atom is 0.0697 e. The van der Waals surface area contributed by atoms with Gasteiger partial charge in [-0.2, -0.15) is 5.26 Å². The van der Waals surface area contributed by atoms with E-state index in [1.165, 1.54) is 11.1 Å². The largest absolute Gasteiger partial charge is 0.308 e. The first-order valence-corrected chi connectivity index (χ1v) is 6.19. The third-order valence-corrected chi connectivity index (χ3v) is 2.98. The zero-order valence-corrected chi connectivity index (χ0v) is 11.2. The summed E-state index contributed by atoms with van der Waals surface area (Å²) < 4.78 is 0. The molecular formula is C15H22N2. The highest BCUT2D eigenvalue weighted by Crippen LogP contribution is 2.19. The third-order valence-electron chi connectivity index (χ3n) is 2.98. The maximum absolute atomic E-state index is 9.00. The van der Waals surface area contributed by atoms with Gasteiger partial charge in [-0.3, -0.25) is 0 Å². The van der Waals surface area contributed by atoms with Gasteiger partial charge in [0, 0.05) is 12.6 Å². The van der Waals surface area contributed by atoms with Crippen LogP contribution in [0.5, 0.6) is 0 Å². The summed E-state index contributed by atoms with van der Waals surface area (Å²) in [6.45, 7) is 8.90. The van der Waals surface area contributed by atoms with Crippen LogP contribution in [-0.4, -0.2) is 6.54 Å². The molecule has 0 saturated carbocycles. The minimum atomic E-state index is -0.307. The molecule has 1 atom stereocenters. The topological polar surface area (TPSA) is 35.8 Å². The summed E-state index contributed by atoms with van der Waals surface area (Å²) in [6, 6.07) is 11.2. The fraction of sp³-hybridized carbons (Fsp3) is 0.533. The van der Waals surface area contributed by atoms with Crippen LogP contribution in [-0.2, 0) is 0 Å². The van der Waals surface area contributed by atoms with Crippen molar-refractivity contribution in [1.82, 2.24) is 5.32 Å². The van der Waals surface area contributed by atoms with Crippen molar-refractivity contribution in [3.8, 4) is 6.07 Å². The van der Waals surface area contributed by atoms with Crippen LogP contribution in [0.2, 0.25) is 0 Å². The van der Waals surface area contributed by atoms with E-state index in [-0.39, 0.29) is 5.41 Å². The fourth-order valence-electron chi connectivity index (χ4n) is 1.71. The molecule has 1 aromatic rings. The second-order valence-corrected chi connectivity index (χ2v) is 5.25. The lowest BCUT2D eigenvalue weighted by Crippen LogP contribution is -2.31. The first-order chi connectivity index (χ1) is 7.98. The minimum absolute atomic E-state index is 0.307. The molecule has 2 heteroatoms. The van der Waals surface area contributed by atoms with E-state index in [1.807, 2.05) is 13.8 Å². The molecule has 2 nitrogen and oxygen atoms in total. The molecule has 0 heterocycles. The van der Waals surface area contributed by atoms with Gasteiger partial charge in [0.1, 0.15) is 0 Å². The second-order valence-electron chi connectivity index (χ2n) is 5.25. The van der Waals surface area contributed by atoms with Crippen LogP contribution >= 0.6 is 0 Å². The van der Waals surface area contributed by atoms with E-state index in [1.54, 1.807) is 0 Å². The van der Waals surface area contributed by atoms with Gasteiger partial charge in [0.15, 0.2) is 0 Å². The van der Waals surface area contributed by atoms with Crippen LogP contribution in [0, 0.1) is 23.7 Å². The summed E-state index contributed by atoms with van der Waals surface area (Å²) in [5.74, 6) is 0. The molecule has 1 unspecified atom stereocenters. The van der Waals surface area contributed by atoms with Crippen LogP contribution in [0.3, 0.4) is 0 Å². The van der Waals surface area contributed by atoms with Crippen LogP contribution in [0.4, 0.5) is 0 Å². The van der Waals surface area contributed by atoms with Gasteiger partial charge in [-0.15, -0.1) is 0 Å². The molecule has 1 N–H and O–H groups in total. The van der Waals surface area contributed by atoms with E-state index < -0.39 is 0 Å². The molecule has 0 spiro atoms. The Bertz CT molecular complexity index is 384. The standard InChI is InChI=1S/C15H22N2/c1-5-14(17-11-15(3,4)10-16)13-8-6-12(2)7-9-13/h6-9,14,17H,5,11H2,1-4H3. The number of rotatable bonds is 5. The van der Waals surface area contributed by atoms with E-state index in [0.717, 1.165) is 13.0 Å². The molecule has 0 fully saturated rings. The van der Waals surface area contributed by atoms with Gasteiger partial charge in [0.2, 0.25) is 0 Å². The summed E-state index contributed by atoms with van der Waals surface area (Å²) in [5, 5.41) is 12.5. The molecule has 1 rings (SSSR count). The van der Waals surface area contributed by atoms with E-state index >= 15 is 0 Å². The third kappa shape index (κ3) is 4.20. The number of hydrogen-bond donors (Lipinski definition) is 1. The Morgan fingerprint density at radius 1 is 1.29 bits per heavy atom. The predicted molar refractivity (Wildman–Crippen MR) is 71.6 cm³/mol. The molecule has 0 aliphatic rings. The molecule has 0 bridgehead atoms. The molecule has 0 radical (unpaired) electrons. The van der Waals surface area contributed by atoms with Gasteiger partial charge in [-0.1, -0.05) is 36.8 Å². The van der Waals surface area contributed by atoms with E-state index in [2.05, 4.69) is 49.5 Å². The van der Waals surface area contributed by atoms with Gasteiger partial charge >= 0.3 is 0 Å². The highest BCUT2D eigenvalue weighted by Gasteiger charge is 2.18. The number of hydrogen-bond acceptors (Lipinski definition) is 2. The van der Waals surface area contributed by atoms with Crippen molar-refractivity contribution < 1.29 is 0 Å². The summed E-state index contributed by atoms with van der Waals surface area (Å²) in [7, 11) is 0. The molecule has 17 heavy (non-hydrogen) atoms. The lowest BCUT2D eigenvalue weighted by molar-refractivity contribution is 0.398. The SMILES string of the molecule is CCC(NCC(C)(C)C#N)c1ccc(C)cc1. The van der Waals surface area contributed by atoms with E-state index in [0.29, 0.717) is 6.04 Å². The number of nitrogens with zero attached hydrogens (tertiary/aromatic N) is 1. The number of nitrogens with one attached hydrogen (secondary N) is 1. The van der Waals surface area contributed by atoms with Crippen molar-refractivity contribution in [2.24, 2.45) is 5.41 Å². The molecule has 0 aromatic heterocycles. The Balaban J connectivity index is 2.67.